The van der Waals surface area contributed by atoms with E-state index in [0.717, 1.165) is 31.2 Å². The quantitative estimate of drug-likeness (QED) is 0.810. The number of rotatable bonds is 3. The van der Waals surface area contributed by atoms with Crippen molar-refractivity contribution in [1.29, 1.82) is 0 Å². The second-order valence-electron chi connectivity index (χ2n) is 4.16. The van der Waals surface area contributed by atoms with Crippen LogP contribution in [0.5, 0.6) is 0 Å². The first-order valence-corrected chi connectivity index (χ1v) is 6.71. The van der Waals surface area contributed by atoms with Gasteiger partial charge in [-0.05, 0) is 31.2 Å². The summed E-state index contributed by atoms with van der Waals surface area (Å²) in [6.07, 6.45) is 4.02. The van der Waals surface area contributed by atoms with Crippen LogP contribution in [-0.4, -0.2) is 25.5 Å². The van der Waals surface area contributed by atoms with Crippen LogP contribution in [0.4, 0.5) is 5.00 Å². The Hall–Kier alpha value is -1.40. The molecule has 0 aliphatic heterocycles. The summed E-state index contributed by atoms with van der Waals surface area (Å²) >= 11 is 1.46. The minimum absolute atomic E-state index is 0.0941. The largest absolute Gasteiger partial charge is 0.465 e. The number of carbonyl (C=O) groups is 2. The third-order valence-corrected chi connectivity index (χ3v) is 4.21. The van der Waals surface area contributed by atoms with Gasteiger partial charge < -0.3 is 15.8 Å². The first-order valence-electron chi connectivity index (χ1n) is 5.90. The molecule has 1 amide bonds. The lowest BCUT2D eigenvalue weighted by atomic mass is 9.95. The van der Waals surface area contributed by atoms with Crippen LogP contribution in [-0.2, 0) is 22.4 Å². The van der Waals surface area contributed by atoms with E-state index in [9.17, 15) is 9.59 Å². The fourth-order valence-electron chi connectivity index (χ4n) is 2.15. The van der Waals surface area contributed by atoms with Gasteiger partial charge in [0.05, 0.1) is 19.2 Å². The average molecular weight is 268 g/mol. The zero-order chi connectivity index (χ0) is 13.1. The maximum atomic E-state index is 11.8. The molecule has 0 spiro atoms. The van der Waals surface area contributed by atoms with E-state index in [1.807, 2.05) is 0 Å². The van der Waals surface area contributed by atoms with Gasteiger partial charge in [0.25, 0.3) is 0 Å². The summed E-state index contributed by atoms with van der Waals surface area (Å²) in [5.41, 5.74) is 6.82. The lowest BCUT2D eigenvalue weighted by molar-refractivity contribution is -0.114. The van der Waals surface area contributed by atoms with Crippen molar-refractivity contribution in [3.8, 4) is 0 Å². The van der Waals surface area contributed by atoms with Gasteiger partial charge in [-0.25, -0.2) is 4.79 Å². The van der Waals surface area contributed by atoms with Gasteiger partial charge in [-0.2, -0.15) is 0 Å². The molecule has 3 N–H and O–H groups in total. The number of nitrogens with two attached hydrogens (primary N) is 1. The molecule has 1 aromatic rings. The summed E-state index contributed by atoms with van der Waals surface area (Å²) < 4.78 is 4.80. The van der Waals surface area contributed by atoms with E-state index in [2.05, 4.69) is 5.32 Å². The molecule has 98 valence electrons. The fraction of sp³-hybridized carbons (Fsp3) is 0.500. The second kappa shape index (κ2) is 5.49. The lowest BCUT2D eigenvalue weighted by Crippen LogP contribution is -2.22. The van der Waals surface area contributed by atoms with E-state index >= 15 is 0 Å². The second-order valence-corrected chi connectivity index (χ2v) is 5.26. The minimum atomic E-state index is -0.387. The summed E-state index contributed by atoms with van der Waals surface area (Å²) in [4.78, 5) is 24.4. The number of amides is 1. The van der Waals surface area contributed by atoms with Crippen molar-refractivity contribution in [1.82, 2.24) is 0 Å². The smallest absolute Gasteiger partial charge is 0.341 e. The molecule has 0 aromatic carbocycles. The molecule has 1 heterocycles. The molecule has 0 atom stereocenters. The average Bonchev–Trinajstić information content (AvgIpc) is 2.75. The van der Waals surface area contributed by atoms with Gasteiger partial charge in [-0.3, -0.25) is 4.79 Å². The molecule has 0 bridgehead atoms. The number of carbonyl (C=O) groups excluding carboxylic acids is 2. The Kier molecular flexibility index (Phi) is 3.98. The SMILES string of the molecule is COC(=O)c1c(NC(=O)CN)sc2c1CCCC2. The van der Waals surface area contributed by atoms with E-state index in [1.165, 1.54) is 23.3 Å². The number of nitrogens with one attached hydrogen (secondary N) is 1. The number of aryl methyl sites for hydroxylation is 1. The van der Waals surface area contributed by atoms with Crippen molar-refractivity contribution in [2.75, 3.05) is 19.0 Å². The molecule has 0 saturated heterocycles. The van der Waals surface area contributed by atoms with Gasteiger partial charge in [0.2, 0.25) is 5.91 Å². The number of anilines is 1. The zero-order valence-corrected chi connectivity index (χ0v) is 11.1. The molecule has 0 unspecified atom stereocenters. The van der Waals surface area contributed by atoms with Gasteiger partial charge in [0, 0.05) is 4.88 Å². The highest BCUT2D eigenvalue weighted by Gasteiger charge is 2.26. The number of methoxy groups -OCH3 is 1. The van der Waals surface area contributed by atoms with Crippen LogP contribution >= 0.6 is 11.3 Å². The highest BCUT2D eigenvalue weighted by atomic mass is 32.1. The van der Waals surface area contributed by atoms with Crippen LogP contribution in [0.2, 0.25) is 0 Å². The van der Waals surface area contributed by atoms with Crippen molar-refractivity contribution in [3.05, 3.63) is 16.0 Å². The standard InChI is InChI=1S/C12H16N2O3S/c1-17-12(16)10-7-4-2-3-5-8(7)18-11(10)14-9(15)6-13/h2-6,13H2,1H3,(H,14,15). The summed E-state index contributed by atoms with van der Waals surface area (Å²) in [6, 6.07) is 0. The van der Waals surface area contributed by atoms with Gasteiger partial charge in [-0.15, -0.1) is 11.3 Å². The third kappa shape index (κ3) is 2.39. The Bertz CT molecular complexity index is 482. The van der Waals surface area contributed by atoms with E-state index in [0.29, 0.717) is 10.6 Å². The third-order valence-electron chi connectivity index (χ3n) is 3.00. The summed E-state index contributed by atoms with van der Waals surface area (Å²) in [7, 11) is 1.35. The van der Waals surface area contributed by atoms with Crippen molar-refractivity contribution < 1.29 is 14.3 Å². The number of hydrogen-bond donors (Lipinski definition) is 2. The fourth-order valence-corrected chi connectivity index (χ4v) is 3.44. The zero-order valence-electron chi connectivity index (χ0n) is 10.2. The molecule has 2 rings (SSSR count). The van der Waals surface area contributed by atoms with E-state index < -0.39 is 0 Å². The Labute approximate surface area is 109 Å². The molecule has 1 aliphatic carbocycles. The Morgan fingerprint density at radius 1 is 1.39 bits per heavy atom. The van der Waals surface area contributed by atoms with Crippen LogP contribution in [0, 0.1) is 0 Å². The van der Waals surface area contributed by atoms with E-state index in [-0.39, 0.29) is 18.4 Å². The van der Waals surface area contributed by atoms with E-state index in [4.69, 9.17) is 10.5 Å². The molecular weight excluding hydrogens is 252 g/mol. The number of ether oxygens (including phenoxy) is 1. The molecule has 0 fully saturated rings. The highest BCUT2D eigenvalue weighted by molar-refractivity contribution is 7.17. The topological polar surface area (TPSA) is 81.4 Å². The molecule has 0 saturated carbocycles. The van der Waals surface area contributed by atoms with Crippen LogP contribution in [0.3, 0.4) is 0 Å². The molecule has 18 heavy (non-hydrogen) atoms. The Morgan fingerprint density at radius 3 is 2.78 bits per heavy atom. The minimum Gasteiger partial charge on any atom is -0.465 e. The van der Waals surface area contributed by atoms with Crippen LogP contribution in [0.15, 0.2) is 0 Å². The Balaban J connectivity index is 2.41. The first kappa shape index (κ1) is 13.0. The van der Waals surface area contributed by atoms with Crippen molar-refractivity contribution in [3.63, 3.8) is 0 Å². The molecule has 5 nitrogen and oxygen atoms in total. The van der Waals surface area contributed by atoms with Crippen LogP contribution < -0.4 is 11.1 Å². The highest BCUT2D eigenvalue weighted by Crippen LogP contribution is 2.38. The Morgan fingerprint density at radius 2 is 2.11 bits per heavy atom. The molecule has 1 aliphatic rings. The number of esters is 1. The maximum Gasteiger partial charge on any atom is 0.341 e. The predicted octanol–water partition coefficient (Wildman–Crippen LogP) is 1.31. The van der Waals surface area contributed by atoms with Crippen LogP contribution in [0.25, 0.3) is 0 Å². The molecule has 0 radical (unpaired) electrons. The van der Waals surface area contributed by atoms with E-state index in [1.54, 1.807) is 0 Å². The van der Waals surface area contributed by atoms with Crippen LogP contribution in [0.1, 0.15) is 33.6 Å². The van der Waals surface area contributed by atoms with Gasteiger partial charge in [0.15, 0.2) is 0 Å². The van der Waals surface area contributed by atoms with Gasteiger partial charge in [-0.1, -0.05) is 0 Å². The summed E-state index contributed by atoms with van der Waals surface area (Å²) in [5, 5.41) is 3.26. The predicted molar refractivity (Wildman–Crippen MR) is 70.0 cm³/mol. The van der Waals surface area contributed by atoms with Crippen molar-refractivity contribution in [2.24, 2.45) is 5.73 Å². The van der Waals surface area contributed by atoms with Gasteiger partial charge in [0.1, 0.15) is 5.00 Å². The number of fused-ring (bicyclic) bond motifs is 1. The van der Waals surface area contributed by atoms with Crippen molar-refractivity contribution in [2.45, 2.75) is 25.7 Å². The lowest BCUT2D eigenvalue weighted by Gasteiger charge is -2.11. The summed E-state index contributed by atoms with van der Waals surface area (Å²) in [6.45, 7) is -0.0941. The van der Waals surface area contributed by atoms with Crippen molar-refractivity contribution >= 4 is 28.2 Å². The number of thiophene rings is 1. The maximum absolute atomic E-state index is 11.8. The normalized spacial score (nSPS) is 13.9. The van der Waals surface area contributed by atoms with Gasteiger partial charge >= 0.3 is 5.97 Å². The molecule has 6 heteroatoms. The molecular formula is C12H16N2O3S. The first-order chi connectivity index (χ1) is 8.67. The monoisotopic (exact) mass is 268 g/mol. The summed E-state index contributed by atoms with van der Waals surface area (Å²) in [5.74, 6) is -0.680. The number of hydrogen-bond acceptors (Lipinski definition) is 5. The molecule has 1 aromatic heterocycles.